The number of hydrogen-bond donors (Lipinski definition) is 1. The summed E-state index contributed by atoms with van der Waals surface area (Å²) in [7, 11) is 0. The second-order valence-corrected chi connectivity index (χ2v) is 4.07. The van der Waals surface area contributed by atoms with Crippen molar-refractivity contribution in [2.45, 2.75) is 27.7 Å². The molecule has 13 heavy (non-hydrogen) atoms. The lowest BCUT2D eigenvalue weighted by Crippen LogP contribution is -2.15. The van der Waals surface area contributed by atoms with Crippen LogP contribution in [-0.2, 0) is 4.79 Å². The third-order valence-electron chi connectivity index (χ3n) is 1.27. The summed E-state index contributed by atoms with van der Waals surface area (Å²) in [5.74, 6) is -0.970. The summed E-state index contributed by atoms with van der Waals surface area (Å²) in [6, 6.07) is 0. The van der Waals surface area contributed by atoms with Crippen LogP contribution in [0.4, 0.5) is 0 Å². The minimum absolute atomic E-state index is 0.0300. The van der Waals surface area contributed by atoms with Crippen LogP contribution >= 0.6 is 0 Å². The van der Waals surface area contributed by atoms with Gasteiger partial charge in [0.25, 0.3) is 0 Å². The SMILES string of the molecule is C/C=C\C(=NCC(C)(C)C)C(=O)O. The van der Waals surface area contributed by atoms with Crippen molar-refractivity contribution in [3.05, 3.63) is 12.2 Å². The van der Waals surface area contributed by atoms with Gasteiger partial charge in [-0.05, 0) is 18.4 Å². The molecule has 0 unspecified atom stereocenters. The molecule has 0 radical (unpaired) electrons. The van der Waals surface area contributed by atoms with E-state index < -0.39 is 5.97 Å². The van der Waals surface area contributed by atoms with Gasteiger partial charge in [0.05, 0.1) is 0 Å². The van der Waals surface area contributed by atoms with Crippen molar-refractivity contribution >= 4 is 11.7 Å². The minimum atomic E-state index is -0.970. The molecule has 0 amide bonds. The number of carboxylic acid groups (broad SMARTS) is 1. The molecule has 0 saturated heterocycles. The van der Waals surface area contributed by atoms with Crippen LogP contribution in [0.15, 0.2) is 17.1 Å². The van der Waals surface area contributed by atoms with Gasteiger partial charge in [-0.2, -0.15) is 0 Å². The van der Waals surface area contributed by atoms with Crippen molar-refractivity contribution in [3.63, 3.8) is 0 Å². The summed E-state index contributed by atoms with van der Waals surface area (Å²) in [6.07, 6.45) is 3.18. The fourth-order valence-electron chi connectivity index (χ4n) is 0.672. The van der Waals surface area contributed by atoms with Crippen LogP contribution in [0.2, 0.25) is 0 Å². The third-order valence-corrected chi connectivity index (χ3v) is 1.27. The van der Waals surface area contributed by atoms with Crippen LogP contribution in [0.1, 0.15) is 27.7 Å². The van der Waals surface area contributed by atoms with Gasteiger partial charge < -0.3 is 5.11 Å². The lowest BCUT2D eigenvalue weighted by Gasteiger charge is -2.14. The maximum atomic E-state index is 10.6. The van der Waals surface area contributed by atoms with E-state index in [1.165, 1.54) is 6.08 Å². The van der Waals surface area contributed by atoms with E-state index in [9.17, 15) is 4.79 Å². The van der Waals surface area contributed by atoms with Gasteiger partial charge in [0, 0.05) is 6.54 Å². The summed E-state index contributed by atoms with van der Waals surface area (Å²) in [5, 5.41) is 8.72. The van der Waals surface area contributed by atoms with E-state index in [0.29, 0.717) is 6.54 Å². The zero-order valence-electron chi connectivity index (χ0n) is 8.66. The fraction of sp³-hybridized carbons (Fsp3) is 0.600. The molecule has 74 valence electrons. The second kappa shape index (κ2) is 4.80. The highest BCUT2D eigenvalue weighted by Crippen LogP contribution is 2.12. The fourth-order valence-corrected chi connectivity index (χ4v) is 0.672. The Balaban J connectivity index is 4.47. The van der Waals surface area contributed by atoms with E-state index >= 15 is 0 Å². The number of aliphatic imine (C=N–C) groups is 1. The summed E-state index contributed by atoms with van der Waals surface area (Å²) in [6.45, 7) is 8.36. The molecule has 3 heteroatoms. The molecule has 0 aromatic carbocycles. The van der Waals surface area contributed by atoms with E-state index in [1.807, 2.05) is 20.8 Å². The van der Waals surface area contributed by atoms with Crippen LogP contribution in [-0.4, -0.2) is 23.3 Å². The molecule has 0 aliphatic heterocycles. The smallest absolute Gasteiger partial charge is 0.354 e. The Hall–Kier alpha value is -1.12. The van der Waals surface area contributed by atoms with E-state index in [2.05, 4.69) is 4.99 Å². The summed E-state index contributed by atoms with van der Waals surface area (Å²) < 4.78 is 0. The minimum Gasteiger partial charge on any atom is -0.477 e. The molecule has 0 aliphatic carbocycles. The highest BCUT2D eigenvalue weighted by Gasteiger charge is 2.11. The molecule has 0 bridgehead atoms. The molecule has 0 aliphatic rings. The van der Waals surface area contributed by atoms with Gasteiger partial charge in [0.1, 0.15) is 5.71 Å². The van der Waals surface area contributed by atoms with Crippen molar-refractivity contribution in [3.8, 4) is 0 Å². The maximum Gasteiger partial charge on any atom is 0.354 e. The molecule has 0 aromatic heterocycles. The Kier molecular flexibility index (Phi) is 4.38. The monoisotopic (exact) mass is 183 g/mol. The Morgan fingerprint density at radius 1 is 1.46 bits per heavy atom. The van der Waals surface area contributed by atoms with Gasteiger partial charge >= 0.3 is 5.97 Å². The van der Waals surface area contributed by atoms with Gasteiger partial charge in [-0.1, -0.05) is 26.8 Å². The molecule has 3 nitrogen and oxygen atoms in total. The predicted octanol–water partition coefficient (Wildman–Crippen LogP) is 2.13. The zero-order valence-corrected chi connectivity index (χ0v) is 8.66. The van der Waals surface area contributed by atoms with Crippen LogP contribution in [0, 0.1) is 5.41 Å². The average Bonchev–Trinajstić information content (AvgIpc) is 1.95. The molecule has 0 heterocycles. The number of allylic oxidation sites excluding steroid dienone is 1. The molecule has 0 rings (SSSR count). The maximum absolute atomic E-state index is 10.6. The summed E-state index contributed by atoms with van der Waals surface area (Å²) in [5.41, 5.74) is 0.153. The van der Waals surface area contributed by atoms with Crippen LogP contribution in [0.3, 0.4) is 0 Å². The van der Waals surface area contributed by atoms with Crippen molar-refractivity contribution < 1.29 is 9.90 Å². The Bertz CT molecular complexity index is 234. The highest BCUT2D eigenvalue weighted by atomic mass is 16.4. The number of hydrogen-bond acceptors (Lipinski definition) is 2. The van der Waals surface area contributed by atoms with Crippen molar-refractivity contribution in [1.82, 2.24) is 0 Å². The number of carbonyl (C=O) groups is 1. The number of carboxylic acids is 1. The number of aliphatic carboxylic acids is 1. The highest BCUT2D eigenvalue weighted by molar-refractivity contribution is 6.40. The van der Waals surface area contributed by atoms with Crippen molar-refractivity contribution in [2.75, 3.05) is 6.54 Å². The van der Waals surface area contributed by atoms with E-state index in [1.54, 1.807) is 13.0 Å². The summed E-state index contributed by atoms with van der Waals surface area (Å²) >= 11 is 0. The Morgan fingerprint density at radius 3 is 2.31 bits per heavy atom. The second-order valence-electron chi connectivity index (χ2n) is 4.07. The molecule has 0 aromatic rings. The first-order valence-corrected chi connectivity index (χ1v) is 4.27. The first kappa shape index (κ1) is 11.9. The third kappa shape index (κ3) is 6.08. The van der Waals surface area contributed by atoms with Crippen LogP contribution in [0.25, 0.3) is 0 Å². The lowest BCUT2D eigenvalue weighted by molar-refractivity contribution is -0.129. The van der Waals surface area contributed by atoms with E-state index in [4.69, 9.17) is 5.11 Å². The standard InChI is InChI=1S/C10H17NO2/c1-5-6-8(9(12)13)11-7-10(2,3)4/h5-6H,7H2,1-4H3,(H,12,13)/b6-5-,11-8?. The Morgan fingerprint density at radius 2 is 2.00 bits per heavy atom. The van der Waals surface area contributed by atoms with Crippen molar-refractivity contribution in [1.29, 1.82) is 0 Å². The lowest BCUT2D eigenvalue weighted by atomic mass is 9.97. The molecular formula is C10H17NO2. The first-order chi connectivity index (χ1) is 5.87. The zero-order chi connectivity index (χ0) is 10.5. The van der Waals surface area contributed by atoms with Gasteiger partial charge in [-0.25, -0.2) is 4.79 Å². The largest absolute Gasteiger partial charge is 0.477 e. The number of nitrogens with zero attached hydrogens (tertiary/aromatic N) is 1. The normalized spacial score (nSPS) is 13.7. The molecular weight excluding hydrogens is 166 g/mol. The van der Waals surface area contributed by atoms with Crippen LogP contribution in [0.5, 0.6) is 0 Å². The average molecular weight is 183 g/mol. The van der Waals surface area contributed by atoms with Gasteiger partial charge in [0.15, 0.2) is 0 Å². The molecule has 0 fully saturated rings. The van der Waals surface area contributed by atoms with Crippen molar-refractivity contribution in [2.24, 2.45) is 10.4 Å². The number of rotatable bonds is 3. The van der Waals surface area contributed by atoms with Gasteiger partial charge in [-0.3, -0.25) is 4.99 Å². The topological polar surface area (TPSA) is 49.7 Å². The van der Waals surface area contributed by atoms with E-state index in [0.717, 1.165) is 0 Å². The Labute approximate surface area is 79.2 Å². The first-order valence-electron chi connectivity index (χ1n) is 4.27. The molecule has 0 spiro atoms. The predicted molar refractivity (Wildman–Crippen MR) is 54.2 cm³/mol. The van der Waals surface area contributed by atoms with Crippen LogP contribution < -0.4 is 0 Å². The molecule has 0 saturated carbocycles. The summed E-state index contributed by atoms with van der Waals surface area (Å²) in [4.78, 5) is 14.6. The quantitative estimate of drug-likeness (QED) is 0.681. The molecule has 0 atom stereocenters. The van der Waals surface area contributed by atoms with E-state index in [-0.39, 0.29) is 11.1 Å². The van der Waals surface area contributed by atoms with Gasteiger partial charge in [-0.15, -0.1) is 0 Å². The molecule has 1 N–H and O–H groups in total. The van der Waals surface area contributed by atoms with Gasteiger partial charge in [0.2, 0.25) is 0 Å².